The van der Waals surface area contributed by atoms with Crippen molar-refractivity contribution in [2.24, 2.45) is 0 Å². The second-order valence-electron chi connectivity index (χ2n) is 4.87. The molecule has 2 aromatic heterocycles. The molecule has 120 valence electrons. The summed E-state index contributed by atoms with van der Waals surface area (Å²) >= 11 is 7.55. The van der Waals surface area contributed by atoms with Crippen LogP contribution in [0.2, 0.25) is 5.02 Å². The van der Waals surface area contributed by atoms with Crippen molar-refractivity contribution in [3.05, 3.63) is 75.8 Å². The lowest BCUT2D eigenvalue weighted by Crippen LogP contribution is -2.28. The van der Waals surface area contributed by atoms with E-state index in [0.29, 0.717) is 5.76 Å². The third-order valence-electron chi connectivity index (χ3n) is 3.38. The van der Waals surface area contributed by atoms with Gasteiger partial charge in [0.1, 0.15) is 10.7 Å². The predicted octanol–water partition coefficient (Wildman–Crippen LogP) is 4.10. The number of hydrogen-bond acceptors (Lipinski definition) is 4. The minimum Gasteiger partial charge on any atom is -0.469 e. The molecular formula is C16H14ClNO3S2. The van der Waals surface area contributed by atoms with Crippen LogP contribution in [-0.4, -0.2) is 15.0 Å². The van der Waals surface area contributed by atoms with Gasteiger partial charge in [-0.05, 0) is 35.7 Å². The van der Waals surface area contributed by atoms with E-state index in [2.05, 4.69) is 4.72 Å². The molecule has 0 bridgehead atoms. The molecule has 1 N–H and O–H groups in total. The van der Waals surface area contributed by atoms with Crippen molar-refractivity contribution >= 4 is 33.0 Å². The third kappa shape index (κ3) is 3.67. The van der Waals surface area contributed by atoms with Crippen molar-refractivity contribution in [2.75, 3.05) is 6.54 Å². The zero-order valence-electron chi connectivity index (χ0n) is 12.0. The molecule has 2 heterocycles. The van der Waals surface area contributed by atoms with Gasteiger partial charge in [-0.25, -0.2) is 13.1 Å². The van der Waals surface area contributed by atoms with Crippen molar-refractivity contribution < 1.29 is 12.8 Å². The fourth-order valence-corrected chi connectivity index (χ4v) is 4.65. The highest BCUT2D eigenvalue weighted by atomic mass is 35.5. The van der Waals surface area contributed by atoms with Gasteiger partial charge in [0.2, 0.25) is 10.0 Å². The molecule has 0 aliphatic heterocycles. The second-order valence-corrected chi connectivity index (χ2v) is 7.99. The summed E-state index contributed by atoms with van der Waals surface area (Å²) in [6, 6.07) is 13.9. The zero-order valence-corrected chi connectivity index (χ0v) is 14.4. The normalized spacial score (nSPS) is 13.1. The maximum Gasteiger partial charge on any atom is 0.242 e. The van der Waals surface area contributed by atoms with E-state index in [4.69, 9.17) is 16.0 Å². The summed E-state index contributed by atoms with van der Waals surface area (Å²) in [7, 11) is -3.69. The second kappa shape index (κ2) is 6.88. The largest absolute Gasteiger partial charge is 0.469 e. The average Bonchev–Trinajstić information content (AvgIpc) is 3.21. The Hall–Kier alpha value is -1.60. The Kier molecular flexibility index (Phi) is 4.87. The van der Waals surface area contributed by atoms with E-state index in [9.17, 15) is 8.42 Å². The number of halogens is 1. The molecule has 0 aliphatic carbocycles. The highest BCUT2D eigenvalue weighted by Gasteiger charge is 2.23. The van der Waals surface area contributed by atoms with Crippen LogP contribution in [0.3, 0.4) is 0 Å². The van der Waals surface area contributed by atoms with Gasteiger partial charge in [-0.1, -0.05) is 29.8 Å². The van der Waals surface area contributed by atoms with Gasteiger partial charge in [0.15, 0.2) is 0 Å². The number of furan rings is 1. The number of sulfonamides is 1. The maximum absolute atomic E-state index is 12.5. The molecule has 3 rings (SSSR count). The van der Waals surface area contributed by atoms with E-state index in [1.807, 2.05) is 23.6 Å². The van der Waals surface area contributed by atoms with Crippen LogP contribution in [0.5, 0.6) is 0 Å². The molecule has 0 radical (unpaired) electrons. The summed E-state index contributed by atoms with van der Waals surface area (Å²) in [5, 5.41) is 2.15. The van der Waals surface area contributed by atoms with Crippen LogP contribution >= 0.6 is 22.9 Å². The smallest absolute Gasteiger partial charge is 0.242 e. The average molecular weight is 368 g/mol. The highest BCUT2D eigenvalue weighted by Crippen LogP contribution is 2.29. The van der Waals surface area contributed by atoms with Gasteiger partial charge in [0, 0.05) is 11.4 Å². The summed E-state index contributed by atoms with van der Waals surface area (Å²) < 4.78 is 33.0. The van der Waals surface area contributed by atoms with Gasteiger partial charge >= 0.3 is 0 Å². The van der Waals surface area contributed by atoms with Crippen molar-refractivity contribution in [2.45, 2.75) is 10.8 Å². The minimum absolute atomic E-state index is 0.0750. The monoisotopic (exact) mass is 367 g/mol. The number of hydrogen-bond donors (Lipinski definition) is 1. The quantitative estimate of drug-likeness (QED) is 0.713. The zero-order chi connectivity index (χ0) is 16.3. The molecule has 0 aliphatic rings. The van der Waals surface area contributed by atoms with E-state index in [-0.39, 0.29) is 22.4 Å². The van der Waals surface area contributed by atoms with Gasteiger partial charge in [0.05, 0.1) is 17.2 Å². The van der Waals surface area contributed by atoms with Crippen molar-refractivity contribution in [3.63, 3.8) is 0 Å². The lowest BCUT2D eigenvalue weighted by Gasteiger charge is -2.15. The Morgan fingerprint density at radius 3 is 2.61 bits per heavy atom. The van der Waals surface area contributed by atoms with Crippen LogP contribution in [0.4, 0.5) is 0 Å². The number of thiophene rings is 1. The third-order valence-corrected chi connectivity index (χ3v) is 6.29. The van der Waals surface area contributed by atoms with Gasteiger partial charge in [-0.15, -0.1) is 11.3 Å². The molecule has 4 nitrogen and oxygen atoms in total. The molecule has 1 atom stereocenters. The molecule has 0 saturated carbocycles. The van der Waals surface area contributed by atoms with E-state index < -0.39 is 10.0 Å². The van der Waals surface area contributed by atoms with E-state index >= 15 is 0 Å². The first kappa shape index (κ1) is 16.3. The highest BCUT2D eigenvalue weighted by molar-refractivity contribution is 7.89. The van der Waals surface area contributed by atoms with Crippen LogP contribution in [0.15, 0.2) is 69.5 Å². The first-order chi connectivity index (χ1) is 11.1. The summed E-state index contributed by atoms with van der Waals surface area (Å²) in [5.41, 5.74) is 0. The molecule has 3 aromatic rings. The van der Waals surface area contributed by atoms with Crippen molar-refractivity contribution in [1.82, 2.24) is 4.72 Å². The van der Waals surface area contributed by atoms with E-state index in [1.54, 1.807) is 41.9 Å². The molecule has 7 heteroatoms. The molecule has 0 amide bonds. The number of nitrogens with one attached hydrogen (secondary N) is 1. The van der Waals surface area contributed by atoms with Gasteiger partial charge in [-0.3, -0.25) is 0 Å². The van der Waals surface area contributed by atoms with Crippen LogP contribution in [0.25, 0.3) is 0 Å². The molecule has 0 spiro atoms. The maximum atomic E-state index is 12.5. The molecule has 1 aromatic carbocycles. The van der Waals surface area contributed by atoms with E-state index in [0.717, 1.165) is 4.88 Å². The number of rotatable bonds is 6. The lowest BCUT2D eigenvalue weighted by atomic mass is 10.1. The van der Waals surface area contributed by atoms with Crippen molar-refractivity contribution in [1.29, 1.82) is 0 Å². The van der Waals surface area contributed by atoms with Gasteiger partial charge in [-0.2, -0.15) is 0 Å². The molecule has 23 heavy (non-hydrogen) atoms. The fraction of sp³-hybridized carbons (Fsp3) is 0.125. The molecule has 0 fully saturated rings. The predicted molar refractivity (Wildman–Crippen MR) is 91.5 cm³/mol. The SMILES string of the molecule is O=S(=O)(NC[C@@H](c1ccco1)c1cccs1)c1ccccc1Cl. The Morgan fingerprint density at radius 2 is 1.96 bits per heavy atom. The number of benzene rings is 1. The summed E-state index contributed by atoms with van der Waals surface area (Å²) in [4.78, 5) is 1.10. The Balaban J connectivity index is 1.84. The first-order valence-electron chi connectivity index (χ1n) is 6.89. The van der Waals surface area contributed by atoms with Gasteiger partial charge in [0.25, 0.3) is 0 Å². The topological polar surface area (TPSA) is 59.3 Å². The molecule has 0 unspecified atom stereocenters. The van der Waals surface area contributed by atoms with Crippen LogP contribution in [0.1, 0.15) is 16.6 Å². The lowest BCUT2D eigenvalue weighted by molar-refractivity contribution is 0.483. The van der Waals surface area contributed by atoms with Crippen LogP contribution in [0, 0.1) is 0 Å². The van der Waals surface area contributed by atoms with E-state index in [1.165, 1.54) is 6.07 Å². The van der Waals surface area contributed by atoms with Crippen molar-refractivity contribution in [3.8, 4) is 0 Å². The van der Waals surface area contributed by atoms with Crippen LogP contribution in [-0.2, 0) is 10.0 Å². The Morgan fingerprint density at radius 1 is 1.13 bits per heavy atom. The summed E-state index contributed by atoms with van der Waals surface area (Å²) in [6.45, 7) is 0.196. The summed E-state index contributed by atoms with van der Waals surface area (Å²) in [6.07, 6.45) is 1.58. The molecular weight excluding hydrogens is 354 g/mol. The fourth-order valence-electron chi connectivity index (χ4n) is 2.25. The standard InChI is InChI=1S/C16H14ClNO3S2/c17-13-5-1-2-8-16(13)23(19,20)18-11-12(14-6-3-9-21-14)15-7-4-10-22-15/h1-10,12,18H,11H2/t12-/m0/s1. The Labute approximate surface area is 143 Å². The first-order valence-corrected chi connectivity index (χ1v) is 9.63. The van der Waals surface area contributed by atoms with Gasteiger partial charge < -0.3 is 4.42 Å². The minimum atomic E-state index is -3.69. The Bertz CT molecular complexity index is 824. The summed E-state index contributed by atoms with van der Waals surface area (Å²) in [5.74, 6) is 0.538. The van der Waals surface area contributed by atoms with Crippen LogP contribution < -0.4 is 4.72 Å². The molecule has 0 saturated heterocycles.